The molecule has 2 aromatic rings. The van der Waals surface area contributed by atoms with Crippen LogP contribution in [0.4, 0.5) is 8.78 Å². The van der Waals surface area contributed by atoms with Crippen molar-refractivity contribution in [2.45, 2.75) is 32.9 Å². The number of aliphatic imine (C=N–C) groups is 1. The second-order valence-electron chi connectivity index (χ2n) is 5.46. The molecular formula is C17H23F2N5. The Labute approximate surface area is 140 Å². The van der Waals surface area contributed by atoms with Crippen molar-refractivity contribution in [1.82, 2.24) is 20.2 Å². The van der Waals surface area contributed by atoms with Crippen molar-refractivity contribution >= 4 is 5.96 Å². The van der Waals surface area contributed by atoms with E-state index < -0.39 is 11.6 Å². The molecule has 0 saturated carbocycles. The predicted octanol–water partition coefficient (Wildman–Crippen LogP) is 2.62. The smallest absolute Gasteiger partial charge is 0.191 e. The molecule has 0 amide bonds. The molecule has 0 aliphatic carbocycles. The predicted molar refractivity (Wildman–Crippen MR) is 90.8 cm³/mol. The van der Waals surface area contributed by atoms with E-state index >= 15 is 0 Å². The first-order chi connectivity index (χ1) is 11.6. The van der Waals surface area contributed by atoms with Gasteiger partial charge in [0, 0.05) is 44.6 Å². The summed E-state index contributed by atoms with van der Waals surface area (Å²) < 4.78 is 28.8. The average Bonchev–Trinajstić information content (AvgIpc) is 2.98. The minimum absolute atomic E-state index is 0.178. The number of halogens is 2. The quantitative estimate of drug-likeness (QED) is 0.465. The number of imidazole rings is 1. The molecule has 2 N–H and O–H groups in total. The highest BCUT2D eigenvalue weighted by atomic mass is 19.1. The van der Waals surface area contributed by atoms with Crippen molar-refractivity contribution in [3.63, 3.8) is 0 Å². The van der Waals surface area contributed by atoms with Gasteiger partial charge in [-0.05, 0) is 38.0 Å². The van der Waals surface area contributed by atoms with Gasteiger partial charge in [-0.15, -0.1) is 0 Å². The summed E-state index contributed by atoms with van der Waals surface area (Å²) in [5, 5.41) is 6.15. The van der Waals surface area contributed by atoms with E-state index in [1.54, 1.807) is 13.2 Å². The number of nitrogens with zero attached hydrogens (tertiary/aromatic N) is 3. The maximum atomic E-state index is 13.6. The number of guanidine groups is 1. The Morgan fingerprint density at radius 1 is 1.25 bits per heavy atom. The van der Waals surface area contributed by atoms with Crippen LogP contribution in [0.1, 0.15) is 24.2 Å². The van der Waals surface area contributed by atoms with Crippen molar-refractivity contribution in [3.8, 4) is 0 Å². The van der Waals surface area contributed by atoms with Crippen LogP contribution >= 0.6 is 0 Å². The highest BCUT2D eigenvalue weighted by Crippen LogP contribution is 2.09. The molecule has 24 heavy (non-hydrogen) atoms. The first-order valence-corrected chi connectivity index (χ1v) is 7.96. The van der Waals surface area contributed by atoms with Crippen LogP contribution in [0.15, 0.2) is 35.6 Å². The second kappa shape index (κ2) is 9.00. The van der Waals surface area contributed by atoms with Gasteiger partial charge in [0.25, 0.3) is 0 Å². The summed E-state index contributed by atoms with van der Waals surface area (Å²) in [6.07, 6.45) is 5.74. The summed E-state index contributed by atoms with van der Waals surface area (Å²) in [6.45, 7) is 3.83. The Kier molecular flexibility index (Phi) is 6.72. The second-order valence-corrected chi connectivity index (χ2v) is 5.46. The lowest BCUT2D eigenvalue weighted by molar-refractivity contribution is 0.577. The largest absolute Gasteiger partial charge is 0.356 e. The fraction of sp³-hybridized carbons (Fsp3) is 0.412. The Hall–Kier alpha value is -2.44. The molecule has 130 valence electrons. The summed E-state index contributed by atoms with van der Waals surface area (Å²) in [6, 6.07) is 3.41. The zero-order chi connectivity index (χ0) is 17.4. The molecule has 5 nitrogen and oxygen atoms in total. The van der Waals surface area contributed by atoms with Crippen LogP contribution in [0.2, 0.25) is 0 Å². The number of nitrogens with one attached hydrogen (secondary N) is 2. The lowest BCUT2D eigenvalue weighted by Crippen LogP contribution is -2.37. The number of rotatable bonds is 7. The molecule has 1 aromatic carbocycles. The fourth-order valence-electron chi connectivity index (χ4n) is 2.33. The minimum atomic E-state index is -0.453. The molecular weight excluding hydrogens is 312 g/mol. The van der Waals surface area contributed by atoms with Crippen molar-refractivity contribution in [2.75, 3.05) is 13.6 Å². The van der Waals surface area contributed by atoms with Crippen LogP contribution in [-0.2, 0) is 13.1 Å². The Morgan fingerprint density at radius 2 is 2.08 bits per heavy atom. The first kappa shape index (κ1) is 17.9. The lowest BCUT2D eigenvalue weighted by Gasteiger charge is -2.12. The Morgan fingerprint density at radius 3 is 2.79 bits per heavy atom. The van der Waals surface area contributed by atoms with E-state index in [-0.39, 0.29) is 12.1 Å². The zero-order valence-corrected chi connectivity index (χ0v) is 14.0. The molecule has 0 radical (unpaired) electrons. The molecule has 0 unspecified atom stereocenters. The zero-order valence-electron chi connectivity index (χ0n) is 14.0. The lowest BCUT2D eigenvalue weighted by atomic mass is 10.2. The third kappa shape index (κ3) is 5.33. The molecule has 0 atom stereocenters. The number of hydrogen-bond donors (Lipinski definition) is 2. The maximum absolute atomic E-state index is 13.6. The molecule has 1 aromatic heterocycles. The van der Waals surface area contributed by atoms with E-state index in [1.165, 1.54) is 6.07 Å². The molecule has 0 aliphatic rings. The van der Waals surface area contributed by atoms with Crippen LogP contribution in [0.3, 0.4) is 0 Å². The van der Waals surface area contributed by atoms with Crippen molar-refractivity contribution in [2.24, 2.45) is 4.99 Å². The number of unbranched alkanes of at least 4 members (excludes halogenated alkanes) is 1. The van der Waals surface area contributed by atoms with Gasteiger partial charge in [0.2, 0.25) is 0 Å². The Balaban J connectivity index is 1.69. The number of hydrogen-bond acceptors (Lipinski definition) is 2. The molecule has 1 heterocycles. The van der Waals surface area contributed by atoms with Gasteiger partial charge in [-0.1, -0.05) is 0 Å². The van der Waals surface area contributed by atoms with E-state index in [9.17, 15) is 8.78 Å². The van der Waals surface area contributed by atoms with Gasteiger partial charge >= 0.3 is 0 Å². The third-order valence-electron chi connectivity index (χ3n) is 3.72. The number of aromatic nitrogens is 2. The summed E-state index contributed by atoms with van der Waals surface area (Å²) in [4.78, 5) is 8.26. The topological polar surface area (TPSA) is 54.2 Å². The van der Waals surface area contributed by atoms with Crippen LogP contribution in [0.5, 0.6) is 0 Å². The Bertz CT molecular complexity index is 681. The van der Waals surface area contributed by atoms with Gasteiger partial charge < -0.3 is 15.2 Å². The number of aryl methyl sites for hydroxylation is 2. The van der Waals surface area contributed by atoms with Gasteiger partial charge in [0.15, 0.2) is 5.96 Å². The van der Waals surface area contributed by atoms with E-state index in [0.29, 0.717) is 5.96 Å². The van der Waals surface area contributed by atoms with E-state index in [2.05, 4.69) is 25.2 Å². The molecule has 0 aliphatic heterocycles. The molecule has 0 spiro atoms. The summed E-state index contributed by atoms with van der Waals surface area (Å²) in [7, 11) is 1.64. The summed E-state index contributed by atoms with van der Waals surface area (Å²) >= 11 is 0. The van der Waals surface area contributed by atoms with Gasteiger partial charge in [-0.25, -0.2) is 13.8 Å². The van der Waals surface area contributed by atoms with E-state index in [1.807, 2.05) is 13.1 Å². The highest BCUT2D eigenvalue weighted by molar-refractivity contribution is 5.79. The molecule has 7 heteroatoms. The summed E-state index contributed by atoms with van der Waals surface area (Å²) in [5.74, 6) is 0.691. The fourth-order valence-corrected chi connectivity index (χ4v) is 2.33. The minimum Gasteiger partial charge on any atom is -0.356 e. The monoisotopic (exact) mass is 335 g/mol. The van der Waals surface area contributed by atoms with Crippen LogP contribution < -0.4 is 10.6 Å². The van der Waals surface area contributed by atoms with Crippen molar-refractivity contribution in [1.29, 1.82) is 0 Å². The van der Waals surface area contributed by atoms with Gasteiger partial charge in [0.05, 0.1) is 0 Å². The molecule has 0 bridgehead atoms. The maximum Gasteiger partial charge on any atom is 0.191 e. The molecule has 0 saturated heterocycles. The third-order valence-corrected chi connectivity index (χ3v) is 3.72. The number of benzene rings is 1. The van der Waals surface area contributed by atoms with Crippen LogP contribution in [-0.4, -0.2) is 29.1 Å². The molecule has 0 fully saturated rings. The first-order valence-electron chi connectivity index (χ1n) is 7.96. The normalized spacial score (nSPS) is 11.6. The van der Waals surface area contributed by atoms with Gasteiger partial charge in [0.1, 0.15) is 17.5 Å². The highest BCUT2D eigenvalue weighted by Gasteiger charge is 2.05. The standard InChI is InChI=1S/C17H23F2N5/c1-13-21-8-10-24(13)9-4-3-7-22-17(20-2)23-12-14-11-15(18)5-6-16(14)19/h5-6,8,10-11H,3-4,7,9,12H2,1-2H3,(H2,20,22,23). The van der Waals surface area contributed by atoms with E-state index in [4.69, 9.17) is 0 Å². The SMILES string of the molecule is CN=C(NCCCCn1ccnc1C)NCc1cc(F)ccc1F. The average molecular weight is 335 g/mol. The van der Waals surface area contributed by atoms with Gasteiger partial charge in [-0.3, -0.25) is 4.99 Å². The molecule has 2 rings (SSSR count). The van der Waals surface area contributed by atoms with Crippen LogP contribution in [0, 0.1) is 18.6 Å². The summed E-state index contributed by atoms with van der Waals surface area (Å²) in [5.41, 5.74) is 0.272. The van der Waals surface area contributed by atoms with Crippen molar-refractivity contribution in [3.05, 3.63) is 53.6 Å². The van der Waals surface area contributed by atoms with Crippen molar-refractivity contribution < 1.29 is 8.78 Å². The van der Waals surface area contributed by atoms with Crippen LogP contribution in [0.25, 0.3) is 0 Å². The van der Waals surface area contributed by atoms with Gasteiger partial charge in [-0.2, -0.15) is 0 Å². The van der Waals surface area contributed by atoms with E-state index in [0.717, 1.165) is 43.9 Å².